The first kappa shape index (κ1) is 12.9. The molecule has 0 fully saturated rings. The van der Waals surface area contributed by atoms with Gasteiger partial charge in [-0.05, 0) is 24.5 Å². The molecule has 1 aliphatic heterocycles. The summed E-state index contributed by atoms with van der Waals surface area (Å²) >= 11 is 0. The summed E-state index contributed by atoms with van der Waals surface area (Å²) in [6.07, 6.45) is 1.54. The maximum atomic E-state index is 11.1. The summed E-state index contributed by atoms with van der Waals surface area (Å²) in [6.45, 7) is 1.40. The first-order valence-corrected chi connectivity index (χ1v) is 6.28. The van der Waals surface area contributed by atoms with Crippen LogP contribution in [0.3, 0.4) is 0 Å². The van der Waals surface area contributed by atoms with Gasteiger partial charge in [0.15, 0.2) is 0 Å². The molecule has 4 heteroatoms. The van der Waals surface area contributed by atoms with Gasteiger partial charge in [-0.3, -0.25) is 4.79 Å². The van der Waals surface area contributed by atoms with E-state index in [0.717, 1.165) is 19.4 Å². The van der Waals surface area contributed by atoms with Crippen LogP contribution in [0.2, 0.25) is 0 Å². The summed E-state index contributed by atoms with van der Waals surface area (Å²) in [5, 5.41) is 9.89. The highest BCUT2D eigenvalue weighted by atomic mass is 16.5. The van der Waals surface area contributed by atoms with E-state index in [2.05, 4.69) is 21.8 Å². The van der Waals surface area contributed by atoms with Gasteiger partial charge < -0.3 is 14.7 Å². The van der Waals surface area contributed by atoms with Gasteiger partial charge in [-0.1, -0.05) is 18.2 Å². The zero-order valence-electron chi connectivity index (χ0n) is 10.6. The zero-order valence-corrected chi connectivity index (χ0v) is 10.6. The third-order valence-electron chi connectivity index (χ3n) is 3.27. The molecule has 1 unspecified atom stereocenters. The van der Waals surface area contributed by atoms with Crippen LogP contribution in [0.5, 0.6) is 0 Å². The highest BCUT2D eigenvalue weighted by molar-refractivity contribution is 5.69. The van der Waals surface area contributed by atoms with Gasteiger partial charge in [-0.2, -0.15) is 0 Å². The van der Waals surface area contributed by atoms with E-state index in [0.29, 0.717) is 6.54 Å². The first-order chi connectivity index (χ1) is 8.70. The number of ether oxygens (including phenoxy) is 1. The fourth-order valence-electron chi connectivity index (χ4n) is 2.40. The van der Waals surface area contributed by atoms with Crippen LogP contribution in [0.15, 0.2) is 24.3 Å². The molecule has 1 heterocycles. The second-order valence-corrected chi connectivity index (χ2v) is 4.61. The molecule has 1 aromatic carbocycles. The van der Waals surface area contributed by atoms with Crippen LogP contribution >= 0.6 is 0 Å². The van der Waals surface area contributed by atoms with E-state index in [1.807, 2.05) is 12.1 Å². The molecule has 2 rings (SSSR count). The number of methoxy groups -OCH3 is 1. The average Bonchev–Trinajstić information content (AvgIpc) is 2.39. The summed E-state index contributed by atoms with van der Waals surface area (Å²) in [6, 6.07) is 8.23. The maximum Gasteiger partial charge on any atom is 0.308 e. The topological polar surface area (TPSA) is 49.8 Å². The predicted molar refractivity (Wildman–Crippen MR) is 69.6 cm³/mol. The number of aliphatic hydroxyl groups is 1. The number of aryl methyl sites for hydroxylation is 1. The van der Waals surface area contributed by atoms with Crippen LogP contribution in [0.25, 0.3) is 0 Å². The molecule has 0 amide bonds. The Bertz CT molecular complexity index is 419. The number of aliphatic hydroxyl groups excluding tert-OH is 1. The van der Waals surface area contributed by atoms with E-state index in [1.165, 1.54) is 18.4 Å². The second kappa shape index (κ2) is 5.87. The lowest BCUT2D eigenvalue weighted by atomic mass is 10.0. The molecule has 0 saturated heterocycles. The molecule has 0 aliphatic carbocycles. The number of anilines is 1. The van der Waals surface area contributed by atoms with E-state index in [1.54, 1.807) is 0 Å². The number of hydrogen-bond donors (Lipinski definition) is 1. The molecule has 0 saturated carbocycles. The van der Waals surface area contributed by atoms with Gasteiger partial charge in [-0.25, -0.2) is 0 Å². The number of fused-ring (bicyclic) bond motifs is 1. The molecular formula is C14H19NO3. The van der Waals surface area contributed by atoms with Crippen LogP contribution in [0.1, 0.15) is 18.4 Å². The van der Waals surface area contributed by atoms with Crippen molar-refractivity contribution in [1.82, 2.24) is 0 Å². The van der Waals surface area contributed by atoms with Gasteiger partial charge in [0.05, 0.1) is 19.6 Å². The quantitative estimate of drug-likeness (QED) is 0.819. The van der Waals surface area contributed by atoms with Crippen LogP contribution in [0.4, 0.5) is 5.69 Å². The van der Waals surface area contributed by atoms with Crippen molar-refractivity contribution in [3.63, 3.8) is 0 Å². The third kappa shape index (κ3) is 3.01. The predicted octanol–water partition coefficient (Wildman–Crippen LogP) is 1.36. The lowest BCUT2D eigenvalue weighted by Crippen LogP contribution is -2.37. The lowest BCUT2D eigenvalue weighted by Gasteiger charge is -2.32. The number of nitrogens with zero attached hydrogens (tertiary/aromatic N) is 1. The van der Waals surface area contributed by atoms with Gasteiger partial charge in [0.25, 0.3) is 0 Å². The third-order valence-corrected chi connectivity index (χ3v) is 3.27. The fourth-order valence-corrected chi connectivity index (χ4v) is 2.40. The van der Waals surface area contributed by atoms with Crippen LogP contribution in [-0.2, 0) is 16.0 Å². The van der Waals surface area contributed by atoms with Crippen LogP contribution in [0, 0.1) is 0 Å². The molecule has 0 radical (unpaired) electrons. The first-order valence-electron chi connectivity index (χ1n) is 6.28. The van der Waals surface area contributed by atoms with E-state index in [-0.39, 0.29) is 12.4 Å². The van der Waals surface area contributed by atoms with E-state index >= 15 is 0 Å². The van der Waals surface area contributed by atoms with Gasteiger partial charge in [0.1, 0.15) is 0 Å². The lowest BCUT2D eigenvalue weighted by molar-refractivity contribution is -0.142. The molecule has 1 aliphatic rings. The maximum absolute atomic E-state index is 11.1. The van der Waals surface area contributed by atoms with Gasteiger partial charge in [-0.15, -0.1) is 0 Å². The highest BCUT2D eigenvalue weighted by Gasteiger charge is 2.20. The minimum absolute atomic E-state index is 0.0508. The van der Waals surface area contributed by atoms with Crippen molar-refractivity contribution in [2.24, 2.45) is 0 Å². The minimum atomic E-state index is -0.677. The Morgan fingerprint density at radius 1 is 1.50 bits per heavy atom. The molecule has 1 aromatic rings. The van der Waals surface area contributed by atoms with E-state index < -0.39 is 6.10 Å². The number of carbonyl (C=O) groups is 1. The standard InChI is InChI=1S/C14H19NO3/c1-18-14(17)9-12(16)10-15-8-4-6-11-5-2-3-7-13(11)15/h2-3,5,7,12,16H,4,6,8-10H2,1H3. The number of rotatable bonds is 4. The van der Waals surface area contributed by atoms with Crippen molar-refractivity contribution < 1.29 is 14.6 Å². The molecule has 0 spiro atoms. The summed E-state index contributed by atoms with van der Waals surface area (Å²) in [4.78, 5) is 13.3. The van der Waals surface area contributed by atoms with Crippen molar-refractivity contribution in [2.75, 3.05) is 25.1 Å². The Labute approximate surface area is 107 Å². The molecular weight excluding hydrogens is 230 g/mol. The number of carbonyl (C=O) groups excluding carboxylic acids is 1. The number of hydrogen-bond acceptors (Lipinski definition) is 4. The summed E-state index contributed by atoms with van der Waals surface area (Å²) < 4.78 is 4.56. The summed E-state index contributed by atoms with van der Waals surface area (Å²) in [5.74, 6) is -0.368. The molecule has 98 valence electrons. The van der Waals surface area contributed by atoms with Crippen molar-refractivity contribution in [3.05, 3.63) is 29.8 Å². The molecule has 0 bridgehead atoms. The molecule has 18 heavy (non-hydrogen) atoms. The molecule has 4 nitrogen and oxygen atoms in total. The van der Waals surface area contributed by atoms with Crippen molar-refractivity contribution in [3.8, 4) is 0 Å². The van der Waals surface area contributed by atoms with Crippen LogP contribution < -0.4 is 4.90 Å². The minimum Gasteiger partial charge on any atom is -0.469 e. The number of β-amino-alcohol motifs (C(OH)–C–C–N with tert-alkyl or cyclic N) is 1. The molecule has 1 atom stereocenters. The highest BCUT2D eigenvalue weighted by Crippen LogP contribution is 2.26. The Morgan fingerprint density at radius 3 is 3.06 bits per heavy atom. The van der Waals surface area contributed by atoms with Crippen molar-refractivity contribution in [2.45, 2.75) is 25.4 Å². The van der Waals surface area contributed by atoms with Gasteiger partial charge >= 0.3 is 5.97 Å². The fraction of sp³-hybridized carbons (Fsp3) is 0.500. The number of para-hydroxylation sites is 1. The number of benzene rings is 1. The van der Waals surface area contributed by atoms with Gasteiger partial charge in [0.2, 0.25) is 0 Å². The van der Waals surface area contributed by atoms with Crippen molar-refractivity contribution in [1.29, 1.82) is 0 Å². The Morgan fingerprint density at radius 2 is 2.28 bits per heavy atom. The smallest absolute Gasteiger partial charge is 0.308 e. The monoisotopic (exact) mass is 249 g/mol. The largest absolute Gasteiger partial charge is 0.469 e. The van der Waals surface area contributed by atoms with E-state index in [9.17, 15) is 9.90 Å². The summed E-state index contributed by atoms with van der Waals surface area (Å²) in [7, 11) is 1.34. The average molecular weight is 249 g/mol. The Kier molecular flexibility index (Phi) is 4.20. The second-order valence-electron chi connectivity index (χ2n) is 4.61. The zero-order chi connectivity index (χ0) is 13.0. The Balaban J connectivity index is 2.00. The normalized spacial score (nSPS) is 16.0. The Hall–Kier alpha value is -1.55. The summed E-state index contributed by atoms with van der Waals surface area (Å²) in [5.41, 5.74) is 2.49. The SMILES string of the molecule is COC(=O)CC(O)CN1CCCc2ccccc21. The number of esters is 1. The molecule has 0 aromatic heterocycles. The van der Waals surface area contributed by atoms with Crippen LogP contribution in [-0.4, -0.2) is 37.4 Å². The van der Waals surface area contributed by atoms with Crippen molar-refractivity contribution >= 4 is 11.7 Å². The van der Waals surface area contributed by atoms with E-state index in [4.69, 9.17) is 0 Å². The molecule has 1 N–H and O–H groups in total. The van der Waals surface area contributed by atoms with Gasteiger partial charge in [0, 0.05) is 18.8 Å².